The van der Waals surface area contributed by atoms with Gasteiger partial charge in [0.2, 0.25) is 0 Å². The minimum atomic E-state index is -0.0718. The second-order valence-electron chi connectivity index (χ2n) is 5.95. The summed E-state index contributed by atoms with van der Waals surface area (Å²) in [5.74, 6) is 1.46. The van der Waals surface area contributed by atoms with Crippen LogP contribution in [0.1, 0.15) is 15.9 Å². The molecule has 26 heavy (non-hydrogen) atoms. The predicted octanol–water partition coefficient (Wildman–Crippen LogP) is 2.05. The summed E-state index contributed by atoms with van der Waals surface area (Å²) in [6.07, 6.45) is 3.45. The number of amides is 1. The van der Waals surface area contributed by atoms with E-state index in [0.29, 0.717) is 29.6 Å². The van der Waals surface area contributed by atoms with Crippen molar-refractivity contribution in [3.63, 3.8) is 0 Å². The number of nitrogens with zero attached hydrogens (tertiary/aromatic N) is 5. The van der Waals surface area contributed by atoms with Crippen molar-refractivity contribution in [2.45, 2.75) is 6.54 Å². The van der Waals surface area contributed by atoms with E-state index in [1.807, 2.05) is 24.3 Å². The van der Waals surface area contributed by atoms with Crippen LogP contribution in [0, 0.1) is 0 Å². The summed E-state index contributed by atoms with van der Waals surface area (Å²) in [6.45, 7) is 0.460. The molecule has 4 rings (SSSR count). The number of aromatic nitrogens is 4. The number of hydrogen-bond acceptors (Lipinski definition) is 6. The quantitative estimate of drug-likeness (QED) is 0.715. The van der Waals surface area contributed by atoms with Crippen LogP contribution in [0.2, 0.25) is 0 Å². The SMILES string of the molecule is COc1cc(-c2ccc3c(c2)CN(c2cn(C)nn2)C3=O)cnc1OC. The summed E-state index contributed by atoms with van der Waals surface area (Å²) in [4.78, 5) is 18.5. The number of carbonyl (C=O) groups is 1. The van der Waals surface area contributed by atoms with E-state index in [1.54, 1.807) is 43.2 Å². The molecule has 0 saturated heterocycles. The average molecular weight is 351 g/mol. The Labute approximate surface area is 150 Å². The van der Waals surface area contributed by atoms with E-state index in [1.165, 1.54) is 0 Å². The van der Waals surface area contributed by atoms with Crippen LogP contribution >= 0.6 is 0 Å². The number of methoxy groups -OCH3 is 2. The lowest BCUT2D eigenvalue weighted by molar-refractivity contribution is 0.0996. The van der Waals surface area contributed by atoms with Gasteiger partial charge in [0.1, 0.15) is 0 Å². The van der Waals surface area contributed by atoms with Gasteiger partial charge in [0, 0.05) is 24.4 Å². The summed E-state index contributed by atoms with van der Waals surface area (Å²) in [6, 6.07) is 7.59. The monoisotopic (exact) mass is 351 g/mol. The topological polar surface area (TPSA) is 82.4 Å². The summed E-state index contributed by atoms with van der Waals surface area (Å²) in [7, 11) is 4.89. The zero-order valence-corrected chi connectivity index (χ0v) is 14.6. The smallest absolute Gasteiger partial charge is 0.260 e. The molecular weight excluding hydrogens is 334 g/mol. The maximum atomic E-state index is 12.6. The fourth-order valence-corrected chi connectivity index (χ4v) is 3.03. The van der Waals surface area contributed by atoms with E-state index in [-0.39, 0.29) is 5.91 Å². The molecule has 132 valence electrons. The van der Waals surface area contributed by atoms with Gasteiger partial charge < -0.3 is 9.47 Å². The van der Waals surface area contributed by atoms with E-state index in [2.05, 4.69) is 15.3 Å². The number of pyridine rings is 1. The number of anilines is 1. The molecular formula is C18H17N5O3. The molecule has 8 heteroatoms. The van der Waals surface area contributed by atoms with Crippen molar-refractivity contribution in [2.24, 2.45) is 7.05 Å². The maximum absolute atomic E-state index is 12.6. The van der Waals surface area contributed by atoms with E-state index < -0.39 is 0 Å². The highest BCUT2D eigenvalue weighted by Gasteiger charge is 2.30. The lowest BCUT2D eigenvalue weighted by Crippen LogP contribution is -2.23. The molecule has 0 atom stereocenters. The van der Waals surface area contributed by atoms with Crippen molar-refractivity contribution in [3.8, 4) is 22.8 Å². The fourth-order valence-electron chi connectivity index (χ4n) is 3.03. The third-order valence-electron chi connectivity index (χ3n) is 4.34. The van der Waals surface area contributed by atoms with Gasteiger partial charge in [-0.1, -0.05) is 11.3 Å². The van der Waals surface area contributed by atoms with Gasteiger partial charge in [0.05, 0.1) is 27.0 Å². The van der Waals surface area contributed by atoms with Crippen molar-refractivity contribution in [1.29, 1.82) is 0 Å². The van der Waals surface area contributed by atoms with Crippen LogP contribution in [0.25, 0.3) is 11.1 Å². The fraction of sp³-hybridized carbons (Fsp3) is 0.222. The minimum absolute atomic E-state index is 0.0718. The van der Waals surface area contributed by atoms with Gasteiger partial charge in [0.15, 0.2) is 11.6 Å². The molecule has 0 fully saturated rings. The van der Waals surface area contributed by atoms with Crippen LogP contribution in [-0.2, 0) is 13.6 Å². The normalized spacial score (nSPS) is 13.0. The number of carbonyl (C=O) groups excluding carboxylic acids is 1. The second-order valence-corrected chi connectivity index (χ2v) is 5.95. The van der Waals surface area contributed by atoms with Crippen LogP contribution in [0.4, 0.5) is 5.82 Å². The van der Waals surface area contributed by atoms with Crippen molar-refractivity contribution < 1.29 is 14.3 Å². The highest BCUT2D eigenvalue weighted by atomic mass is 16.5. The standard InChI is InChI=1S/C18H17N5O3/c1-22-10-16(20-21-22)23-9-13-6-11(4-5-14(13)18(23)24)12-7-15(25-2)17(26-3)19-8-12/h4-8,10H,9H2,1-3H3. The highest BCUT2D eigenvalue weighted by molar-refractivity contribution is 6.09. The van der Waals surface area contributed by atoms with Gasteiger partial charge in [-0.2, -0.15) is 0 Å². The molecule has 1 amide bonds. The van der Waals surface area contributed by atoms with Crippen LogP contribution < -0.4 is 14.4 Å². The number of fused-ring (bicyclic) bond motifs is 1. The lowest BCUT2D eigenvalue weighted by atomic mass is 10.0. The van der Waals surface area contributed by atoms with Gasteiger partial charge in [-0.25, -0.2) is 4.98 Å². The van der Waals surface area contributed by atoms with Crippen LogP contribution in [0.3, 0.4) is 0 Å². The number of benzene rings is 1. The Morgan fingerprint density at radius 1 is 1.12 bits per heavy atom. The van der Waals surface area contributed by atoms with Gasteiger partial charge in [-0.15, -0.1) is 5.10 Å². The van der Waals surface area contributed by atoms with E-state index >= 15 is 0 Å². The Balaban J connectivity index is 1.69. The largest absolute Gasteiger partial charge is 0.491 e. The first-order chi connectivity index (χ1) is 12.6. The molecule has 1 aliphatic rings. The first-order valence-electron chi connectivity index (χ1n) is 8.00. The van der Waals surface area contributed by atoms with Crippen LogP contribution in [0.5, 0.6) is 11.6 Å². The molecule has 0 aliphatic carbocycles. The highest BCUT2D eigenvalue weighted by Crippen LogP contribution is 2.33. The number of aryl methyl sites for hydroxylation is 1. The average Bonchev–Trinajstić information content (AvgIpc) is 3.24. The molecule has 2 aromatic heterocycles. The zero-order valence-electron chi connectivity index (χ0n) is 14.6. The van der Waals surface area contributed by atoms with Crippen LogP contribution in [0.15, 0.2) is 36.7 Å². The second kappa shape index (κ2) is 6.14. The summed E-state index contributed by atoms with van der Waals surface area (Å²) in [5, 5.41) is 7.93. The number of ether oxygens (including phenoxy) is 2. The number of rotatable bonds is 4. The van der Waals surface area contributed by atoms with Gasteiger partial charge in [0.25, 0.3) is 11.8 Å². The lowest BCUT2D eigenvalue weighted by Gasteiger charge is -2.10. The van der Waals surface area contributed by atoms with Gasteiger partial charge in [-0.05, 0) is 29.3 Å². The molecule has 3 aromatic rings. The van der Waals surface area contributed by atoms with E-state index in [9.17, 15) is 4.79 Å². The Kier molecular flexibility index (Phi) is 3.80. The molecule has 0 bridgehead atoms. The number of hydrogen-bond donors (Lipinski definition) is 0. The van der Waals surface area contributed by atoms with Gasteiger partial charge in [-0.3, -0.25) is 14.4 Å². The Hall–Kier alpha value is -3.42. The molecule has 0 unspecified atom stereocenters. The van der Waals surface area contributed by atoms with E-state index in [0.717, 1.165) is 16.7 Å². The van der Waals surface area contributed by atoms with Crippen molar-refractivity contribution >= 4 is 11.7 Å². The molecule has 0 saturated carbocycles. The molecule has 1 aliphatic heterocycles. The summed E-state index contributed by atoms with van der Waals surface area (Å²) < 4.78 is 12.1. The van der Waals surface area contributed by atoms with Gasteiger partial charge >= 0.3 is 0 Å². The van der Waals surface area contributed by atoms with Crippen LogP contribution in [-0.4, -0.2) is 40.1 Å². The summed E-state index contributed by atoms with van der Waals surface area (Å²) in [5.41, 5.74) is 3.45. The molecule has 8 nitrogen and oxygen atoms in total. The molecule has 0 radical (unpaired) electrons. The first-order valence-corrected chi connectivity index (χ1v) is 8.00. The molecule has 0 N–H and O–H groups in total. The summed E-state index contributed by atoms with van der Waals surface area (Å²) >= 11 is 0. The van der Waals surface area contributed by atoms with E-state index in [4.69, 9.17) is 9.47 Å². The van der Waals surface area contributed by atoms with Crippen molar-refractivity contribution in [3.05, 3.63) is 47.8 Å². The Morgan fingerprint density at radius 2 is 1.96 bits per heavy atom. The Bertz CT molecular complexity index is 998. The van der Waals surface area contributed by atoms with Crippen molar-refractivity contribution in [1.82, 2.24) is 20.0 Å². The minimum Gasteiger partial charge on any atom is -0.491 e. The molecule has 3 heterocycles. The zero-order chi connectivity index (χ0) is 18.3. The molecule has 0 spiro atoms. The Morgan fingerprint density at radius 3 is 2.65 bits per heavy atom. The first kappa shape index (κ1) is 16.1. The maximum Gasteiger partial charge on any atom is 0.260 e. The third kappa shape index (κ3) is 2.55. The predicted molar refractivity (Wildman–Crippen MR) is 94.3 cm³/mol. The van der Waals surface area contributed by atoms with Crippen molar-refractivity contribution in [2.75, 3.05) is 19.1 Å². The molecule has 1 aromatic carbocycles. The third-order valence-corrected chi connectivity index (χ3v) is 4.34.